The van der Waals surface area contributed by atoms with E-state index in [1.165, 1.54) is 0 Å². The van der Waals surface area contributed by atoms with Gasteiger partial charge in [-0.25, -0.2) is 4.99 Å². The molecule has 0 aromatic heterocycles. The summed E-state index contributed by atoms with van der Waals surface area (Å²) >= 11 is 0. The van der Waals surface area contributed by atoms with Crippen LogP contribution in [0.5, 0.6) is 0 Å². The van der Waals surface area contributed by atoms with E-state index >= 15 is 0 Å². The number of ether oxygens (including phenoxy) is 3. The molecule has 6 nitrogen and oxygen atoms in total. The summed E-state index contributed by atoms with van der Waals surface area (Å²) in [7, 11) is 1.95. The zero-order valence-electron chi connectivity index (χ0n) is 15.1. The number of nitrogens with zero attached hydrogens (tertiary/aromatic N) is 2. The molecule has 4 atom stereocenters. The lowest BCUT2D eigenvalue weighted by molar-refractivity contribution is -0.276. The van der Waals surface area contributed by atoms with Crippen molar-refractivity contribution >= 4 is 6.02 Å². The zero-order chi connectivity index (χ0) is 17.0. The Labute approximate surface area is 139 Å². The molecule has 23 heavy (non-hydrogen) atoms. The Bertz CT molecular complexity index is 409. The molecule has 2 rings (SSSR count). The molecule has 2 heterocycles. The Morgan fingerprint density at radius 3 is 2.57 bits per heavy atom. The molecule has 2 aliphatic heterocycles. The Morgan fingerprint density at radius 1 is 1.35 bits per heavy atom. The molecule has 6 heteroatoms. The third-order valence-electron chi connectivity index (χ3n) is 4.79. The van der Waals surface area contributed by atoms with Gasteiger partial charge in [-0.1, -0.05) is 26.7 Å². The van der Waals surface area contributed by atoms with E-state index in [2.05, 4.69) is 32.7 Å². The van der Waals surface area contributed by atoms with Gasteiger partial charge in [0.25, 0.3) is 6.02 Å². The summed E-state index contributed by atoms with van der Waals surface area (Å²) in [5.74, 6) is 0. The second-order valence-electron chi connectivity index (χ2n) is 6.96. The van der Waals surface area contributed by atoms with E-state index in [0.29, 0.717) is 6.02 Å². The SMILES string of the molecule is CCCC(C)(CCC)O[C@@H]1OC(C)C[C@H]2[C@H]1O/C(=N\CO)N2C. The molecule has 0 radical (unpaired) electrons. The summed E-state index contributed by atoms with van der Waals surface area (Å²) in [6.45, 7) is 8.31. The van der Waals surface area contributed by atoms with Crippen LogP contribution < -0.4 is 0 Å². The topological polar surface area (TPSA) is 63.5 Å². The highest BCUT2D eigenvalue weighted by atomic mass is 16.7. The van der Waals surface area contributed by atoms with Crippen LogP contribution in [0.4, 0.5) is 0 Å². The number of hydrogen-bond donors (Lipinski definition) is 1. The molecule has 0 aliphatic carbocycles. The maximum atomic E-state index is 9.07. The lowest BCUT2D eigenvalue weighted by Gasteiger charge is -2.41. The predicted molar refractivity (Wildman–Crippen MR) is 89.2 cm³/mol. The molecular formula is C17H32N2O4. The third kappa shape index (κ3) is 4.17. The molecule has 2 saturated heterocycles. The summed E-state index contributed by atoms with van der Waals surface area (Å²) in [4.78, 5) is 6.02. The van der Waals surface area contributed by atoms with Gasteiger partial charge in [0.1, 0.15) is 6.73 Å². The number of hydrogen-bond acceptors (Lipinski definition) is 5. The fourth-order valence-electron chi connectivity index (χ4n) is 3.76. The number of rotatable bonds is 7. The fourth-order valence-corrected chi connectivity index (χ4v) is 3.76. The molecule has 0 spiro atoms. The van der Waals surface area contributed by atoms with Crippen LogP contribution in [0.15, 0.2) is 4.99 Å². The second-order valence-corrected chi connectivity index (χ2v) is 6.96. The van der Waals surface area contributed by atoms with Crippen molar-refractivity contribution in [2.75, 3.05) is 13.8 Å². The minimum Gasteiger partial charge on any atom is -0.454 e. The van der Waals surface area contributed by atoms with Crippen molar-refractivity contribution in [1.29, 1.82) is 0 Å². The average molecular weight is 328 g/mol. The summed E-state index contributed by atoms with van der Waals surface area (Å²) in [6, 6.07) is 0.642. The molecule has 1 N–H and O–H groups in total. The summed E-state index contributed by atoms with van der Waals surface area (Å²) in [5, 5.41) is 9.07. The normalized spacial score (nSPS) is 33.0. The largest absolute Gasteiger partial charge is 0.454 e. The van der Waals surface area contributed by atoms with Gasteiger partial charge in [0.15, 0.2) is 12.4 Å². The van der Waals surface area contributed by atoms with E-state index < -0.39 is 6.29 Å². The van der Waals surface area contributed by atoms with Gasteiger partial charge < -0.3 is 24.2 Å². The lowest BCUT2D eigenvalue weighted by atomic mass is 9.93. The molecule has 0 saturated carbocycles. The summed E-state index contributed by atoms with van der Waals surface area (Å²) in [6.07, 6.45) is 4.52. The van der Waals surface area contributed by atoms with Crippen molar-refractivity contribution in [2.45, 2.75) is 89.9 Å². The first-order chi connectivity index (χ1) is 10.9. The number of aliphatic hydroxyl groups is 1. The number of likely N-dealkylation sites (N-methyl/N-ethyl adjacent to an activating group) is 1. The Hall–Kier alpha value is -0.850. The first kappa shape index (κ1) is 18.5. The minimum absolute atomic E-state index is 0.105. The van der Waals surface area contributed by atoms with Crippen molar-refractivity contribution in [3.8, 4) is 0 Å². The van der Waals surface area contributed by atoms with Gasteiger partial charge in [0.2, 0.25) is 0 Å². The van der Waals surface area contributed by atoms with E-state index in [-0.39, 0.29) is 30.6 Å². The standard InChI is InChI=1S/C17H32N2O4/c1-6-8-17(4,9-7-2)23-15-14-13(10-12(3)21-15)19(5)16(22-14)18-11-20/h12-15,20H,6-11H2,1-5H3/b18-16-/t12?,13-,14+,15-/m0/s1. The Morgan fingerprint density at radius 2 is 2.00 bits per heavy atom. The van der Waals surface area contributed by atoms with Crippen molar-refractivity contribution in [3.63, 3.8) is 0 Å². The number of aliphatic hydroxyl groups excluding tert-OH is 1. The summed E-state index contributed by atoms with van der Waals surface area (Å²) in [5.41, 5.74) is -0.200. The highest BCUT2D eigenvalue weighted by molar-refractivity contribution is 5.76. The highest BCUT2D eigenvalue weighted by Crippen LogP contribution is 2.36. The Kier molecular flexibility index (Phi) is 6.28. The quantitative estimate of drug-likeness (QED) is 0.778. The third-order valence-corrected chi connectivity index (χ3v) is 4.79. The van der Waals surface area contributed by atoms with Crippen LogP contribution in [0.3, 0.4) is 0 Å². The molecular weight excluding hydrogens is 296 g/mol. The second kappa shape index (κ2) is 7.81. The van der Waals surface area contributed by atoms with Gasteiger partial charge in [0.05, 0.1) is 17.7 Å². The van der Waals surface area contributed by atoms with E-state index in [1.54, 1.807) is 0 Å². The summed E-state index contributed by atoms with van der Waals surface area (Å²) < 4.78 is 18.4. The van der Waals surface area contributed by atoms with Crippen LogP contribution in [-0.2, 0) is 14.2 Å². The number of amidine groups is 1. The molecule has 0 bridgehead atoms. The molecule has 134 valence electrons. The van der Waals surface area contributed by atoms with E-state index in [1.807, 2.05) is 11.9 Å². The van der Waals surface area contributed by atoms with Gasteiger partial charge in [0, 0.05) is 7.05 Å². The molecule has 2 fully saturated rings. The lowest BCUT2D eigenvalue weighted by Crippen LogP contribution is -2.52. The highest BCUT2D eigenvalue weighted by Gasteiger charge is 2.50. The zero-order valence-corrected chi connectivity index (χ0v) is 15.1. The van der Waals surface area contributed by atoms with Crippen LogP contribution in [0.2, 0.25) is 0 Å². The van der Waals surface area contributed by atoms with Crippen LogP contribution in [0.25, 0.3) is 0 Å². The average Bonchev–Trinajstić information content (AvgIpc) is 2.77. The smallest absolute Gasteiger partial charge is 0.290 e. The van der Waals surface area contributed by atoms with Crippen LogP contribution in [0.1, 0.15) is 59.8 Å². The maximum absolute atomic E-state index is 9.07. The number of fused-ring (bicyclic) bond motifs is 1. The van der Waals surface area contributed by atoms with Gasteiger partial charge in [-0.3, -0.25) is 0 Å². The molecule has 2 aliphatic rings. The predicted octanol–water partition coefficient (Wildman–Crippen LogP) is 2.50. The van der Waals surface area contributed by atoms with E-state index in [9.17, 15) is 0 Å². The van der Waals surface area contributed by atoms with Crippen molar-refractivity contribution < 1.29 is 19.3 Å². The van der Waals surface area contributed by atoms with Gasteiger partial charge in [-0.2, -0.15) is 0 Å². The van der Waals surface area contributed by atoms with Gasteiger partial charge in [-0.15, -0.1) is 0 Å². The van der Waals surface area contributed by atoms with Crippen LogP contribution in [-0.4, -0.2) is 59.9 Å². The van der Waals surface area contributed by atoms with Gasteiger partial charge in [-0.05, 0) is 33.1 Å². The Balaban J connectivity index is 2.15. The molecule has 0 aromatic carbocycles. The van der Waals surface area contributed by atoms with Crippen molar-refractivity contribution in [1.82, 2.24) is 4.90 Å². The van der Waals surface area contributed by atoms with Gasteiger partial charge >= 0.3 is 0 Å². The first-order valence-electron chi connectivity index (χ1n) is 8.82. The van der Waals surface area contributed by atoms with Crippen molar-refractivity contribution in [3.05, 3.63) is 0 Å². The van der Waals surface area contributed by atoms with Crippen molar-refractivity contribution in [2.24, 2.45) is 4.99 Å². The molecule has 1 unspecified atom stereocenters. The minimum atomic E-state index is -0.402. The van der Waals surface area contributed by atoms with E-state index in [0.717, 1.165) is 32.1 Å². The maximum Gasteiger partial charge on any atom is 0.290 e. The van der Waals surface area contributed by atoms with Crippen LogP contribution >= 0.6 is 0 Å². The fraction of sp³-hybridized carbons (Fsp3) is 0.941. The molecule has 0 aromatic rings. The van der Waals surface area contributed by atoms with E-state index in [4.69, 9.17) is 19.3 Å². The first-order valence-corrected chi connectivity index (χ1v) is 8.82. The molecule has 0 amide bonds. The monoisotopic (exact) mass is 328 g/mol. The van der Waals surface area contributed by atoms with Crippen LogP contribution in [0, 0.1) is 0 Å². The number of aliphatic imine (C=N–C) groups is 1.